The van der Waals surface area contributed by atoms with Gasteiger partial charge in [0.15, 0.2) is 5.69 Å². The molecule has 1 aliphatic rings. The minimum Gasteiger partial charge on any atom is -1.00 e. The van der Waals surface area contributed by atoms with Gasteiger partial charge in [-0.1, -0.05) is 11.6 Å². The molecule has 8 heteroatoms. The van der Waals surface area contributed by atoms with E-state index in [1.165, 1.54) is 0 Å². The van der Waals surface area contributed by atoms with Crippen LogP contribution in [0.25, 0.3) is 0 Å². The van der Waals surface area contributed by atoms with Crippen LogP contribution in [0.3, 0.4) is 0 Å². The molecule has 0 radical (unpaired) electrons. The van der Waals surface area contributed by atoms with Crippen molar-refractivity contribution in [2.45, 2.75) is 0 Å². The van der Waals surface area contributed by atoms with E-state index in [4.69, 9.17) is 16.7 Å². The SMILES string of the molecule is O=C(O)c1nc(N2CCNCC2)ccc1Cl.[Cl-].[Cl-]. The maximum atomic E-state index is 10.9. The number of aromatic nitrogens is 1. The van der Waals surface area contributed by atoms with Gasteiger partial charge < -0.3 is 40.1 Å². The normalized spacial score (nSPS) is 14.4. The van der Waals surface area contributed by atoms with Crippen molar-refractivity contribution in [1.29, 1.82) is 0 Å². The van der Waals surface area contributed by atoms with E-state index in [1.807, 2.05) is 4.90 Å². The van der Waals surface area contributed by atoms with Crippen molar-refractivity contribution in [2.75, 3.05) is 31.1 Å². The average Bonchev–Trinajstić information content (AvgIpc) is 2.30. The third-order valence-corrected chi connectivity index (χ3v) is 2.78. The van der Waals surface area contributed by atoms with Gasteiger partial charge in [-0.25, -0.2) is 9.78 Å². The molecule has 1 aliphatic heterocycles. The number of carbonyl (C=O) groups is 1. The maximum absolute atomic E-state index is 10.9. The predicted molar refractivity (Wildman–Crippen MR) is 61.3 cm³/mol. The Morgan fingerprint density at radius 1 is 1.33 bits per heavy atom. The number of carboxylic acid groups (broad SMARTS) is 1. The molecule has 102 valence electrons. The van der Waals surface area contributed by atoms with Crippen molar-refractivity contribution < 1.29 is 34.7 Å². The van der Waals surface area contributed by atoms with E-state index in [2.05, 4.69) is 10.3 Å². The second kappa shape index (κ2) is 7.63. The molecular formula is C10H12Cl3N3O2-2. The summed E-state index contributed by atoms with van der Waals surface area (Å²) in [6, 6.07) is 3.33. The summed E-state index contributed by atoms with van der Waals surface area (Å²) in [4.78, 5) is 17.0. The second-order valence-corrected chi connectivity index (χ2v) is 3.95. The zero-order chi connectivity index (χ0) is 11.5. The number of carboxylic acids is 1. The molecule has 2 heterocycles. The molecule has 1 aromatic rings. The first kappa shape index (κ1) is 17.2. The molecule has 5 nitrogen and oxygen atoms in total. The summed E-state index contributed by atoms with van der Waals surface area (Å²) in [5.41, 5.74) is -0.0855. The second-order valence-electron chi connectivity index (χ2n) is 3.54. The molecule has 1 fully saturated rings. The van der Waals surface area contributed by atoms with Crippen molar-refractivity contribution in [3.63, 3.8) is 0 Å². The van der Waals surface area contributed by atoms with Gasteiger partial charge in [0.1, 0.15) is 5.82 Å². The molecule has 18 heavy (non-hydrogen) atoms. The Labute approximate surface area is 122 Å². The Bertz CT molecular complexity index is 411. The first-order valence-corrected chi connectivity index (χ1v) is 5.42. The highest BCUT2D eigenvalue weighted by Gasteiger charge is 2.16. The largest absolute Gasteiger partial charge is 1.00 e. The number of nitrogens with zero attached hydrogens (tertiary/aromatic N) is 2. The third-order valence-electron chi connectivity index (χ3n) is 2.47. The Morgan fingerprint density at radius 3 is 2.50 bits per heavy atom. The molecule has 0 aromatic carbocycles. The third kappa shape index (κ3) is 3.88. The Hall–Kier alpha value is -0.750. The minimum absolute atomic E-state index is 0. The van der Waals surface area contributed by atoms with Crippen LogP contribution >= 0.6 is 11.6 Å². The number of pyridine rings is 1. The summed E-state index contributed by atoms with van der Waals surface area (Å²) in [6.45, 7) is 3.42. The van der Waals surface area contributed by atoms with Gasteiger partial charge in [-0.3, -0.25) is 0 Å². The van der Waals surface area contributed by atoms with Gasteiger partial charge >= 0.3 is 5.97 Å². The topological polar surface area (TPSA) is 65.5 Å². The molecule has 0 unspecified atom stereocenters. The summed E-state index contributed by atoms with van der Waals surface area (Å²) in [7, 11) is 0. The van der Waals surface area contributed by atoms with E-state index in [0.717, 1.165) is 26.2 Å². The van der Waals surface area contributed by atoms with E-state index in [0.29, 0.717) is 5.82 Å². The van der Waals surface area contributed by atoms with Crippen molar-refractivity contribution >= 4 is 23.4 Å². The maximum Gasteiger partial charge on any atom is 0.356 e. The first-order valence-electron chi connectivity index (χ1n) is 5.04. The zero-order valence-corrected chi connectivity index (χ0v) is 11.6. The lowest BCUT2D eigenvalue weighted by Crippen LogP contribution is -3.00. The van der Waals surface area contributed by atoms with Crippen LogP contribution in [0.2, 0.25) is 5.02 Å². The van der Waals surface area contributed by atoms with Gasteiger partial charge in [-0.2, -0.15) is 0 Å². The Balaban J connectivity index is 0.00000144. The zero-order valence-electron chi connectivity index (χ0n) is 9.37. The highest BCUT2D eigenvalue weighted by Crippen LogP contribution is 2.19. The number of piperazine rings is 1. The van der Waals surface area contributed by atoms with Crippen LogP contribution in [-0.4, -0.2) is 42.2 Å². The molecule has 0 spiro atoms. The van der Waals surface area contributed by atoms with Gasteiger partial charge in [0.25, 0.3) is 0 Å². The molecule has 0 aliphatic carbocycles. The summed E-state index contributed by atoms with van der Waals surface area (Å²) < 4.78 is 0. The first-order chi connectivity index (χ1) is 7.68. The van der Waals surface area contributed by atoms with Crippen LogP contribution < -0.4 is 35.0 Å². The van der Waals surface area contributed by atoms with Crippen LogP contribution in [0.1, 0.15) is 10.5 Å². The van der Waals surface area contributed by atoms with Gasteiger partial charge in [-0.05, 0) is 12.1 Å². The fourth-order valence-corrected chi connectivity index (χ4v) is 1.84. The van der Waals surface area contributed by atoms with E-state index in [-0.39, 0.29) is 35.5 Å². The lowest BCUT2D eigenvalue weighted by atomic mass is 10.3. The van der Waals surface area contributed by atoms with E-state index in [9.17, 15) is 4.79 Å². The Kier molecular flexibility index (Phi) is 7.32. The lowest BCUT2D eigenvalue weighted by molar-refractivity contribution is -0.00100. The monoisotopic (exact) mass is 311 g/mol. The van der Waals surface area contributed by atoms with Crippen LogP contribution in [0.15, 0.2) is 12.1 Å². The standard InChI is InChI=1S/C10H12ClN3O2.2ClH/c11-7-1-2-8(13-9(7)10(15)16)14-5-3-12-4-6-14;;/h1-2,12H,3-6H2,(H,15,16);2*1H/p-2. The molecule has 0 atom stereocenters. The highest BCUT2D eigenvalue weighted by molar-refractivity contribution is 6.33. The molecule has 0 bridgehead atoms. The molecule has 0 saturated carbocycles. The smallest absolute Gasteiger partial charge is 0.356 e. The number of nitrogens with one attached hydrogen (secondary N) is 1. The van der Waals surface area contributed by atoms with Gasteiger partial charge in [0, 0.05) is 26.2 Å². The Morgan fingerprint density at radius 2 is 1.94 bits per heavy atom. The predicted octanol–water partition coefficient (Wildman–Crippen LogP) is -5.15. The van der Waals surface area contributed by atoms with E-state index >= 15 is 0 Å². The average molecular weight is 313 g/mol. The quantitative estimate of drug-likeness (QED) is 0.572. The van der Waals surface area contributed by atoms with Crippen molar-refractivity contribution in [2.24, 2.45) is 0 Å². The fourth-order valence-electron chi connectivity index (χ4n) is 1.65. The lowest BCUT2D eigenvalue weighted by Gasteiger charge is -2.28. The number of hydrogen-bond acceptors (Lipinski definition) is 4. The van der Waals surface area contributed by atoms with Crippen molar-refractivity contribution in [1.82, 2.24) is 10.3 Å². The molecule has 1 aromatic heterocycles. The summed E-state index contributed by atoms with van der Waals surface area (Å²) in [6.07, 6.45) is 0. The number of aromatic carboxylic acids is 1. The highest BCUT2D eigenvalue weighted by atomic mass is 35.5. The van der Waals surface area contributed by atoms with Gasteiger partial charge in [-0.15, -0.1) is 0 Å². The van der Waals surface area contributed by atoms with Crippen LogP contribution in [0.4, 0.5) is 5.82 Å². The number of halogens is 3. The van der Waals surface area contributed by atoms with E-state index < -0.39 is 5.97 Å². The minimum atomic E-state index is -1.10. The van der Waals surface area contributed by atoms with Gasteiger partial charge in [0.2, 0.25) is 0 Å². The fraction of sp³-hybridized carbons (Fsp3) is 0.400. The molecular weight excluding hydrogens is 300 g/mol. The van der Waals surface area contributed by atoms with Crippen molar-refractivity contribution in [3.05, 3.63) is 22.8 Å². The van der Waals surface area contributed by atoms with Crippen molar-refractivity contribution in [3.8, 4) is 0 Å². The number of hydrogen-bond donors (Lipinski definition) is 2. The van der Waals surface area contributed by atoms with E-state index in [1.54, 1.807) is 12.1 Å². The number of rotatable bonds is 2. The van der Waals surface area contributed by atoms with Crippen LogP contribution in [-0.2, 0) is 0 Å². The molecule has 1 saturated heterocycles. The summed E-state index contributed by atoms with van der Waals surface area (Å²) in [5.74, 6) is -0.426. The summed E-state index contributed by atoms with van der Waals surface area (Å²) in [5, 5.41) is 12.3. The van der Waals surface area contributed by atoms with Crippen LogP contribution in [0.5, 0.6) is 0 Å². The summed E-state index contributed by atoms with van der Waals surface area (Å²) >= 11 is 5.76. The molecule has 2 N–H and O–H groups in total. The molecule has 2 rings (SSSR count). The van der Waals surface area contributed by atoms with Gasteiger partial charge in [0.05, 0.1) is 5.02 Å². The van der Waals surface area contributed by atoms with Crippen LogP contribution in [0, 0.1) is 0 Å². The molecule has 0 amide bonds. The number of anilines is 1.